The molecule has 0 spiro atoms. The molecule has 0 aliphatic carbocycles. The second-order valence-corrected chi connectivity index (χ2v) is 6.08. The van der Waals surface area contributed by atoms with Gasteiger partial charge in [-0.1, -0.05) is 6.07 Å². The van der Waals surface area contributed by atoms with E-state index in [1.165, 1.54) is 6.20 Å². The van der Waals surface area contributed by atoms with Crippen LogP contribution in [0.15, 0.2) is 36.7 Å². The van der Waals surface area contributed by atoms with E-state index in [0.717, 1.165) is 29.5 Å². The van der Waals surface area contributed by atoms with E-state index in [2.05, 4.69) is 32.1 Å². The van der Waals surface area contributed by atoms with Gasteiger partial charge < -0.3 is 14.2 Å². The molecule has 1 aliphatic rings. The van der Waals surface area contributed by atoms with Gasteiger partial charge in [-0.05, 0) is 18.2 Å². The molecule has 2 aromatic heterocycles. The predicted molar refractivity (Wildman–Crippen MR) is 88.9 cm³/mol. The van der Waals surface area contributed by atoms with Crippen molar-refractivity contribution >= 4 is 16.8 Å². The molecule has 4 rings (SSSR count). The number of ether oxygens (including phenoxy) is 1. The van der Waals surface area contributed by atoms with Crippen LogP contribution >= 0.6 is 0 Å². The average Bonchev–Trinajstić information content (AvgIpc) is 3.26. The Morgan fingerprint density at radius 3 is 2.88 bits per heavy atom. The third kappa shape index (κ3) is 2.62. The molecule has 0 atom stereocenters. The van der Waals surface area contributed by atoms with Gasteiger partial charge in [-0.25, -0.2) is 0 Å². The summed E-state index contributed by atoms with van der Waals surface area (Å²) in [6.45, 7) is 1.34. The van der Waals surface area contributed by atoms with Crippen molar-refractivity contribution in [2.24, 2.45) is 7.05 Å². The lowest BCUT2D eigenvalue weighted by Gasteiger charge is -2.31. The lowest BCUT2D eigenvalue weighted by molar-refractivity contribution is 0.0592. The van der Waals surface area contributed by atoms with Crippen molar-refractivity contribution in [2.75, 3.05) is 13.1 Å². The predicted octanol–water partition coefficient (Wildman–Crippen LogP) is 1.98. The van der Waals surface area contributed by atoms with E-state index in [1.54, 1.807) is 4.90 Å². The number of aromatic amines is 1. The zero-order chi connectivity index (χ0) is 16.5. The zero-order valence-corrected chi connectivity index (χ0v) is 13.5. The Hall–Kier alpha value is -2.83. The van der Waals surface area contributed by atoms with Crippen LogP contribution in [0.1, 0.15) is 23.3 Å². The number of amides is 1. The number of hydrogen-bond acceptors (Lipinski definition) is 4. The number of aromatic nitrogens is 4. The molecule has 1 N–H and O–H groups in total. The van der Waals surface area contributed by atoms with Crippen LogP contribution in [0.25, 0.3) is 10.9 Å². The Bertz CT molecular complexity index is 847. The number of likely N-dealkylation sites (tertiary alicyclic amines) is 1. The first kappa shape index (κ1) is 14.7. The Morgan fingerprint density at radius 1 is 1.29 bits per heavy atom. The van der Waals surface area contributed by atoms with Gasteiger partial charge in [0.15, 0.2) is 5.69 Å². The number of benzene rings is 1. The summed E-state index contributed by atoms with van der Waals surface area (Å²) in [6.07, 6.45) is 5.24. The number of hydrogen-bond donors (Lipinski definition) is 1. The van der Waals surface area contributed by atoms with E-state index in [1.807, 2.05) is 25.4 Å². The number of carbonyl (C=O) groups is 1. The molecule has 1 saturated heterocycles. The smallest absolute Gasteiger partial charge is 0.276 e. The maximum atomic E-state index is 12.3. The minimum absolute atomic E-state index is 0.0765. The number of fused-ring (bicyclic) bond motifs is 1. The van der Waals surface area contributed by atoms with E-state index in [9.17, 15) is 4.79 Å². The summed E-state index contributed by atoms with van der Waals surface area (Å²) in [5.74, 6) is 0.835. The molecule has 0 unspecified atom stereocenters. The molecule has 1 aliphatic heterocycles. The van der Waals surface area contributed by atoms with E-state index < -0.39 is 0 Å². The second kappa shape index (κ2) is 5.99. The molecule has 0 saturated carbocycles. The highest BCUT2D eigenvalue weighted by molar-refractivity contribution is 5.92. The Balaban J connectivity index is 1.42. The summed E-state index contributed by atoms with van der Waals surface area (Å²) in [4.78, 5) is 14.1. The van der Waals surface area contributed by atoms with Gasteiger partial charge in [0, 0.05) is 44.6 Å². The van der Waals surface area contributed by atoms with Gasteiger partial charge in [-0.2, -0.15) is 15.4 Å². The fraction of sp³-hybridized carbons (Fsp3) is 0.353. The van der Waals surface area contributed by atoms with E-state index >= 15 is 0 Å². The first-order valence-corrected chi connectivity index (χ1v) is 8.08. The summed E-state index contributed by atoms with van der Waals surface area (Å²) < 4.78 is 8.30. The number of nitrogens with one attached hydrogen (secondary N) is 1. The number of carbonyl (C=O) groups excluding carboxylic acids is 1. The van der Waals surface area contributed by atoms with Crippen molar-refractivity contribution in [3.8, 4) is 5.75 Å². The van der Waals surface area contributed by atoms with Gasteiger partial charge in [0.25, 0.3) is 5.91 Å². The fourth-order valence-electron chi connectivity index (χ4n) is 3.20. The van der Waals surface area contributed by atoms with Crippen molar-refractivity contribution in [1.82, 2.24) is 24.9 Å². The molecule has 7 heteroatoms. The summed E-state index contributed by atoms with van der Waals surface area (Å²) in [6, 6.07) is 8.19. The molecule has 1 aromatic carbocycles. The van der Waals surface area contributed by atoms with Crippen LogP contribution in [0.4, 0.5) is 0 Å². The van der Waals surface area contributed by atoms with Crippen LogP contribution in [0.2, 0.25) is 0 Å². The molecule has 24 heavy (non-hydrogen) atoms. The number of rotatable bonds is 3. The fourth-order valence-corrected chi connectivity index (χ4v) is 3.20. The average molecular weight is 325 g/mol. The van der Waals surface area contributed by atoms with Crippen LogP contribution in [0.3, 0.4) is 0 Å². The molecule has 0 radical (unpaired) electrons. The van der Waals surface area contributed by atoms with Crippen molar-refractivity contribution < 1.29 is 9.53 Å². The Labute approximate surface area is 139 Å². The van der Waals surface area contributed by atoms with Gasteiger partial charge in [0.05, 0.1) is 11.7 Å². The highest BCUT2D eigenvalue weighted by Gasteiger charge is 2.26. The maximum absolute atomic E-state index is 12.3. The quantitative estimate of drug-likeness (QED) is 0.799. The third-order valence-electron chi connectivity index (χ3n) is 4.54. The van der Waals surface area contributed by atoms with Crippen molar-refractivity contribution in [3.05, 3.63) is 42.4 Å². The number of piperidine rings is 1. The summed E-state index contributed by atoms with van der Waals surface area (Å²) in [5.41, 5.74) is 1.52. The molecule has 1 fully saturated rings. The van der Waals surface area contributed by atoms with Crippen LogP contribution < -0.4 is 4.74 Å². The van der Waals surface area contributed by atoms with Crippen LogP contribution in [0.5, 0.6) is 5.75 Å². The maximum Gasteiger partial charge on any atom is 0.276 e. The second-order valence-electron chi connectivity index (χ2n) is 6.08. The molecule has 1 amide bonds. The van der Waals surface area contributed by atoms with Gasteiger partial charge in [-0.3, -0.25) is 4.79 Å². The molecule has 0 bridgehead atoms. The van der Waals surface area contributed by atoms with Gasteiger partial charge >= 0.3 is 0 Å². The van der Waals surface area contributed by atoms with E-state index in [-0.39, 0.29) is 12.0 Å². The van der Waals surface area contributed by atoms with Gasteiger partial charge in [-0.15, -0.1) is 0 Å². The monoisotopic (exact) mass is 325 g/mol. The summed E-state index contributed by atoms with van der Waals surface area (Å²) >= 11 is 0. The summed E-state index contributed by atoms with van der Waals surface area (Å²) in [5, 5.41) is 11.1. The molecule has 7 nitrogen and oxygen atoms in total. The zero-order valence-electron chi connectivity index (χ0n) is 13.5. The van der Waals surface area contributed by atoms with E-state index in [4.69, 9.17) is 4.74 Å². The lowest BCUT2D eigenvalue weighted by Crippen LogP contribution is -2.41. The highest BCUT2D eigenvalue weighted by Crippen LogP contribution is 2.28. The molecular weight excluding hydrogens is 306 g/mol. The Morgan fingerprint density at radius 2 is 2.12 bits per heavy atom. The lowest BCUT2D eigenvalue weighted by atomic mass is 10.1. The van der Waals surface area contributed by atoms with Gasteiger partial charge in [0.2, 0.25) is 0 Å². The van der Waals surface area contributed by atoms with Crippen LogP contribution in [-0.4, -0.2) is 50.0 Å². The molecule has 124 valence electrons. The first-order chi connectivity index (χ1) is 11.7. The highest BCUT2D eigenvalue weighted by atomic mass is 16.5. The molecule has 3 aromatic rings. The van der Waals surface area contributed by atoms with Crippen molar-refractivity contribution in [3.63, 3.8) is 0 Å². The largest absolute Gasteiger partial charge is 0.490 e. The first-order valence-electron chi connectivity index (χ1n) is 8.08. The molecule has 3 heterocycles. The summed E-state index contributed by atoms with van der Waals surface area (Å²) in [7, 11) is 2.03. The topological polar surface area (TPSA) is 76.0 Å². The third-order valence-corrected chi connectivity index (χ3v) is 4.54. The number of aryl methyl sites for hydroxylation is 1. The SMILES string of the molecule is Cn1ccc2c(OC3CCN(C(=O)c4cn[nH]n4)CC3)cccc21. The van der Waals surface area contributed by atoms with Crippen LogP contribution in [0, 0.1) is 0 Å². The Kier molecular flexibility index (Phi) is 3.68. The van der Waals surface area contributed by atoms with Crippen molar-refractivity contribution in [1.29, 1.82) is 0 Å². The normalized spacial score (nSPS) is 15.8. The minimum atomic E-state index is -0.0765. The minimum Gasteiger partial charge on any atom is -0.490 e. The van der Waals surface area contributed by atoms with Crippen molar-refractivity contribution in [2.45, 2.75) is 18.9 Å². The van der Waals surface area contributed by atoms with E-state index in [0.29, 0.717) is 18.8 Å². The van der Waals surface area contributed by atoms with Crippen LogP contribution in [-0.2, 0) is 7.05 Å². The number of H-pyrrole nitrogens is 1. The molecular formula is C17H19N5O2. The number of nitrogens with zero attached hydrogens (tertiary/aromatic N) is 4. The standard InChI is InChI=1S/C17H19N5O2/c1-21-8-7-13-15(21)3-2-4-16(13)24-12-5-9-22(10-6-12)17(23)14-11-18-20-19-14/h2-4,7-8,11-12H,5-6,9-10H2,1H3,(H,18,19,20). The van der Waals surface area contributed by atoms with Gasteiger partial charge in [0.1, 0.15) is 11.9 Å².